The normalized spacial score (nSPS) is 11.0. The third-order valence-corrected chi connectivity index (χ3v) is 1.39. The molecule has 0 aromatic rings. The summed E-state index contributed by atoms with van der Waals surface area (Å²) in [4.78, 5) is 0. The van der Waals surface area contributed by atoms with Gasteiger partial charge in [-0.05, 0) is 6.42 Å². The minimum Gasteiger partial charge on any atom is -0.396 e. The lowest BCUT2D eigenvalue weighted by atomic mass is 10.4. The van der Waals surface area contributed by atoms with Crippen molar-refractivity contribution < 1.29 is 31.2 Å². The number of alkyl halides is 3. The Balaban J connectivity index is -0.000000177. The predicted octanol–water partition coefficient (Wildman–Crippen LogP) is -0.0111. The van der Waals surface area contributed by atoms with E-state index in [0.29, 0.717) is 6.61 Å². The molecule has 0 spiro atoms. The number of hydrogen-bond acceptors (Lipinski definition) is 3. The van der Waals surface area contributed by atoms with Gasteiger partial charge in [-0.15, -0.1) is 0 Å². The van der Waals surface area contributed by atoms with Crippen molar-refractivity contribution in [3.05, 3.63) is 0 Å². The van der Waals surface area contributed by atoms with Crippen LogP contribution in [0.2, 0.25) is 0 Å². The first-order valence-corrected chi connectivity index (χ1v) is 4.75. The Morgan fingerprint density at radius 2 is 1.57 bits per heavy atom. The number of aliphatic hydroxyl groups excluding tert-OH is 1. The molecule has 2 N–H and O–H groups in total. The van der Waals surface area contributed by atoms with Crippen molar-refractivity contribution >= 4 is 27.5 Å². The van der Waals surface area contributed by atoms with Crippen molar-refractivity contribution in [1.29, 1.82) is 0 Å². The smallest absolute Gasteiger partial charge is 0.396 e. The average molecular weight is 254 g/mol. The van der Waals surface area contributed by atoms with Crippen LogP contribution in [0.25, 0.3) is 0 Å². The summed E-state index contributed by atoms with van der Waals surface area (Å²) in [5.74, 6) is 0. The molecule has 0 atom stereocenters. The third kappa shape index (κ3) is 12.2. The number of rotatable bonds is 2. The van der Waals surface area contributed by atoms with Gasteiger partial charge in [-0.25, -0.2) is 0 Å². The molecule has 0 bridgehead atoms. The maximum Gasteiger partial charge on any atom is 0.522 e. The summed E-state index contributed by atoms with van der Waals surface area (Å²) in [6.45, 7) is 2.40. The molecule has 0 aromatic heterocycles. The zero-order valence-corrected chi connectivity index (χ0v) is 7.69. The lowest BCUT2D eigenvalue weighted by Crippen LogP contribution is -2.21. The highest BCUT2D eigenvalue weighted by Gasteiger charge is 2.44. The second kappa shape index (κ2) is 8.50. The van der Waals surface area contributed by atoms with E-state index in [1.807, 2.05) is 0 Å². The van der Waals surface area contributed by atoms with E-state index in [-0.39, 0.29) is 17.4 Å². The first-order chi connectivity index (χ1) is 5.66. The molecule has 9 heteroatoms. The van der Waals surface area contributed by atoms with Crippen LogP contribution in [0.3, 0.4) is 0 Å². The second-order valence-electron chi connectivity index (χ2n) is 2.00. The molecule has 88 valence electrons. The molecule has 0 fully saturated rings. The molecule has 0 heterocycles. The van der Waals surface area contributed by atoms with Crippen LogP contribution in [0, 0.1) is 0 Å². The summed E-state index contributed by atoms with van der Waals surface area (Å²) in [6.07, 6.45) is 2.04. The van der Waals surface area contributed by atoms with Gasteiger partial charge in [0.05, 0.1) is 0 Å². The fourth-order valence-corrected chi connectivity index (χ4v) is 0.158. The summed E-state index contributed by atoms with van der Waals surface area (Å²) in [5, 5.41) is 8.07. The molecule has 4 nitrogen and oxygen atoms in total. The molecular weight excluding hydrogens is 240 g/mol. The number of hydrogen-bond donors (Lipinski definition) is 2. The Hall–Kier alpha value is 0.192. The van der Waals surface area contributed by atoms with E-state index in [1.54, 1.807) is 0 Å². The summed E-state index contributed by atoms with van der Waals surface area (Å²) in [6, 6.07) is 0. The Morgan fingerprint density at radius 3 is 1.57 bits per heavy atom. The van der Waals surface area contributed by atoms with Crippen LogP contribution < -0.4 is 0 Å². The summed E-state index contributed by atoms with van der Waals surface area (Å²) in [7, 11) is -5.84. The van der Waals surface area contributed by atoms with E-state index >= 15 is 0 Å². The molecule has 0 aliphatic rings. The van der Waals surface area contributed by atoms with Gasteiger partial charge < -0.3 is 5.11 Å². The van der Waals surface area contributed by atoms with Gasteiger partial charge in [0.15, 0.2) is 17.4 Å². The molecule has 0 aromatic carbocycles. The fourth-order valence-electron chi connectivity index (χ4n) is 0.158. The maximum atomic E-state index is 10.7. The minimum absolute atomic E-state index is 0. The standard InChI is InChI=1S/C4H10O.CHF3O3S.Al.3H/c1-2-3-4-5;2-1(3,4)8(5,6)7;;;;/h5H,2-4H2,1H3;(H,5,6,7);;;;. The Bertz CT molecular complexity index is 212. The molecule has 0 saturated heterocycles. The van der Waals surface area contributed by atoms with Gasteiger partial charge in [0.2, 0.25) is 0 Å². The van der Waals surface area contributed by atoms with E-state index < -0.39 is 15.6 Å². The van der Waals surface area contributed by atoms with E-state index in [4.69, 9.17) is 18.1 Å². The van der Waals surface area contributed by atoms with Gasteiger partial charge in [0, 0.05) is 6.61 Å². The van der Waals surface area contributed by atoms with Crippen molar-refractivity contribution in [3.63, 3.8) is 0 Å². The molecular formula is C5H14AlF3O4S. The van der Waals surface area contributed by atoms with Gasteiger partial charge >= 0.3 is 15.6 Å². The van der Waals surface area contributed by atoms with Crippen LogP contribution in [-0.2, 0) is 10.1 Å². The highest BCUT2D eigenvalue weighted by Crippen LogP contribution is 2.20. The lowest BCUT2D eigenvalue weighted by Gasteiger charge is -1.97. The lowest BCUT2D eigenvalue weighted by molar-refractivity contribution is -0.0510. The molecule has 14 heavy (non-hydrogen) atoms. The van der Waals surface area contributed by atoms with E-state index in [2.05, 4.69) is 6.92 Å². The fraction of sp³-hybridized carbons (Fsp3) is 1.00. The molecule has 0 radical (unpaired) electrons. The van der Waals surface area contributed by atoms with E-state index in [0.717, 1.165) is 12.8 Å². The minimum atomic E-state index is -5.84. The van der Waals surface area contributed by atoms with Gasteiger partial charge in [-0.2, -0.15) is 21.6 Å². The van der Waals surface area contributed by atoms with Gasteiger partial charge in [0.1, 0.15) is 0 Å². The van der Waals surface area contributed by atoms with Crippen molar-refractivity contribution in [2.24, 2.45) is 0 Å². The molecule has 0 saturated carbocycles. The zero-order valence-electron chi connectivity index (χ0n) is 6.87. The van der Waals surface area contributed by atoms with Crippen LogP contribution in [0.1, 0.15) is 19.8 Å². The Kier molecular flexibility index (Phi) is 12.0. The highest BCUT2D eigenvalue weighted by molar-refractivity contribution is 7.86. The summed E-state index contributed by atoms with van der Waals surface area (Å²) < 4.78 is 57.5. The molecule has 0 aliphatic carbocycles. The van der Waals surface area contributed by atoms with E-state index in [1.165, 1.54) is 0 Å². The number of unbranched alkanes of at least 4 members (excludes halogenated alkanes) is 1. The van der Waals surface area contributed by atoms with Gasteiger partial charge in [-0.1, -0.05) is 13.3 Å². The number of halogens is 3. The summed E-state index contributed by atoms with van der Waals surface area (Å²) >= 11 is 0. The molecule has 0 aliphatic heterocycles. The monoisotopic (exact) mass is 254 g/mol. The average Bonchev–Trinajstić information content (AvgIpc) is 1.85. The molecule has 0 rings (SSSR count). The molecule has 0 unspecified atom stereocenters. The van der Waals surface area contributed by atoms with Crippen LogP contribution in [0.15, 0.2) is 0 Å². The highest BCUT2D eigenvalue weighted by atomic mass is 32.2. The quantitative estimate of drug-likeness (QED) is 0.413. The van der Waals surface area contributed by atoms with Gasteiger partial charge in [-0.3, -0.25) is 4.55 Å². The predicted molar refractivity (Wildman–Crippen MR) is 49.5 cm³/mol. The first kappa shape index (κ1) is 19.7. The van der Waals surface area contributed by atoms with Crippen LogP contribution in [-0.4, -0.2) is 47.6 Å². The van der Waals surface area contributed by atoms with Gasteiger partial charge in [0.25, 0.3) is 0 Å². The van der Waals surface area contributed by atoms with Crippen molar-refractivity contribution in [1.82, 2.24) is 0 Å². The zero-order chi connectivity index (χ0) is 11.1. The second-order valence-corrected chi connectivity index (χ2v) is 3.41. The third-order valence-electron chi connectivity index (χ3n) is 0.804. The Morgan fingerprint density at radius 1 is 1.29 bits per heavy atom. The number of aliphatic hydroxyl groups is 1. The van der Waals surface area contributed by atoms with E-state index in [9.17, 15) is 13.2 Å². The van der Waals surface area contributed by atoms with Crippen LogP contribution >= 0.6 is 0 Å². The van der Waals surface area contributed by atoms with Crippen LogP contribution in [0.5, 0.6) is 0 Å². The van der Waals surface area contributed by atoms with Crippen LogP contribution in [0.4, 0.5) is 13.2 Å². The van der Waals surface area contributed by atoms with Crippen molar-refractivity contribution in [3.8, 4) is 0 Å². The summed E-state index contributed by atoms with van der Waals surface area (Å²) in [5.41, 5.74) is -5.53. The Labute approximate surface area is 91.0 Å². The van der Waals surface area contributed by atoms with Crippen molar-refractivity contribution in [2.75, 3.05) is 6.61 Å². The maximum absolute atomic E-state index is 10.7. The largest absolute Gasteiger partial charge is 0.522 e. The topological polar surface area (TPSA) is 74.6 Å². The molecule has 0 amide bonds. The first-order valence-electron chi connectivity index (χ1n) is 3.31. The SMILES string of the molecule is CCCCO.O=S(=O)(O)C(F)(F)F.[AlH3]. The van der Waals surface area contributed by atoms with Crippen molar-refractivity contribution in [2.45, 2.75) is 25.3 Å².